The maximum Gasteiger partial charge on any atom is 0.335 e. The summed E-state index contributed by atoms with van der Waals surface area (Å²) in [5.74, 6) is -1.98. The summed E-state index contributed by atoms with van der Waals surface area (Å²) in [7, 11) is -7.69. The van der Waals surface area contributed by atoms with Gasteiger partial charge in [-0.25, -0.2) is 30.7 Å². The van der Waals surface area contributed by atoms with Crippen molar-refractivity contribution in [1.82, 2.24) is 9.03 Å². The van der Waals surface area contributed by atoms with E-state index in [1.165, 1.54) is 10.4 Å². The molecular weight excluding hydrogens is 449 g/mol. The van der Waals surface area contributed by atoms with E-state index in [0.717, 1.165) is 24.3 Å². The zero-order valence-electron chi connectivity index (χ0n) is 16.4. The minimum atomic E-state index is -3.98. The quantitative estimate of drug-likeness (QED) is 0.588. The van der Waals surface area contributed by atoms with E-state index in [9.17, 15) is 26.0 Å². The van der Waals surface area contributed by atoms with Crippen LogP contribution in [0.4, 0.5) is 10.1 Å². The fourth-order valence-corrected chi connectivity index (χ4v) is 5.71. The van der Waals surface area contributed by atoms with Gasteiger partial charge in [0.05, 0.1) is 21.9 Å². The second-order valence-corrected chi connectivity index (χ2v) is 10.7. The monoisotopic (exact) mass is 471 g/mol. The molecule has 0 aliphatic carbocycles. The third-order valence-corrected chi connectivity index (χ3v) is 8.24. The van der Waals surface area contributed by atoms with Crippen LogP contribution in [0.1, 0.15) is 10.4 Å². The van der Waals surface area contributed by atoms with Crippen molar-refractivity contribution >= 4 is 31.7 Å². The molecule has 12 heteroatoms. The predicted molar refractivity (Wildman–Crippen MR) is 113 cm³/mol. The van der Waals surface area contributed by atoms with E-state index in [0.29, 0.717) is 18.8 Å². The SMILES string of the molecule is O=C(O)c1ccc(S(=O)(=O)NCCS(=O)(=O)N2CCN(c3ccccc3F)CC2)cc1. The number of hydrogen-bond donors (Lipinski definition) is 2. The van der Waals surface area contributed by atoms with Gasteiger partial charge in [0.15, 0.2) is 0 Å². The molecule has 0 spiro atoms. The van der Waals surface area contributed by atoms with Crippen LogP contribution in [0.3, 0.4) is 0 Å². The molecule has 1 aliphatic heterocycles. The number of aromatic carboxylic acids is 1. The molecule has 0 aromatic heterocycles. The molecule has 2 aromatic rings. The van der Waals surface area contributed by atoms with Gasteiger partial charge in [-0.15, -0.1) is 0 Å². The van der Waals surface area contributed by atoms with Crippen molar-refractivity contribution in [3.05, 3.63) is 59.9 Å². The van der Waals surface area contributed by atoms with Gasteiger partial charge in [-0.1, -0.05) is 12.1 Å². The van der Waals surface area contributed by atoms with E-state index < -0.39 is 31.8 Å². The highest BCUT2D eigenvalue weighted by Gasteiger charge is 2.28. The molecule has 1 heterocycles. The van der Waals surface area contributed by atoms with Crippen molar-refractivity contribution < 1.29 is 31.1 Å². The van der Waals surface area contributed by atoms with Gasteiger partial charge in [0.1, 0.15) is 5.82 Å². The highest BCUT2D eigenvalue weighted by Crippen LogP contribution is 2.21. The summed E-state index contributed by atoms with van der Waals surface area (Å²) in [5, 5.41) is 8.87. The van der Waals surface area contributed by atoms with E-state index in [4.69, 9.17) is 5.11 Å². The van der Waals surface area contributed by atoms with Crippen molar-refractivity contribution in [2.75, 3.05) is 43.4 Å². The fourth-order valence-electron chi connectivity index (χ4n) is 3.21. The minimum absolute atomic E-state index is 0.0592. The Bertz CT molecular complexity index is 1150. The molecule has 0 atom stereocenters. The van der Waals surface area contributed by atoms with Gasteiger partial charge < -0.3 is 10.0 Å². The number of rotatable bonds is 8. The number of sulfonamides is 2. The van der Waals surface area contributed by atoms with E-state index in [1.807, 2.05) is 0 Å². The molecule has 2 aromatic carbocycles. The molecule has 1 aliphatic rings. The van der Waals surface area contributed by atoms with Crippen molar-refractivity contribution in [3.63, 3.8) is 0 Å². The van der Waals surface area contributed by atoms with E-state index in [1.54, 1.807) is 23.1 Å². The van der Waals surface area contributed by atoms with Crippen LogP contribution >= 0.6 is 0 Å². The summed E-state index contributed by atoms with van der Waals surface area (Å²) in [6, 6.07) is 10.9. The zero-order chi connectivity index (χ0) is 22.6. The molecule has 0 saturated carbocycles. The lowest BCUT2D eigenvalue weighted by Gasteiger charge is -2.35. The lowest BCUT2D eigenvalue weighted by atomic mass is 10.2. The van der Waals surface area contributed by atoms with Gasteiger partial charge >= 0.3 is 5.97 Å². The Kier molecular flexibility index (Phi) is 6.94. The minimum Gasteiger partial charge on any atom is -0.478 e. The molecule has 3 rings (SSSR count). The molecule has 1 saturated heterocycles. The number of anilines is 1. The summed E-state index contributed by atoms with van der Waals surface area (Å²) in [6.45, 7) is 0.642. The molecule has 0 amide bonds. The molecule has 0 unspecified atom stereocenters. The third-order valence-electron chi connectivity index (χ3n) is 4.89. The number of carbonyl (C=O) groups is 1. The summed E-state index contributed by atoms with van der Waals surface area (Å²) in [4.78, 5) is 12.5. The first-order valence-electron chi connectivity index (χ1n) is 9.40. The fraction of sp³-hybridized carbons (Fsp3) is 0.316. The van der Waals surface area contributed by atoms with Crippen molar-refractivity contribution in [2.24, 2.45) is 0 Å². The molecule has 31 heavy (non-hydrogen) atoms. The van der Waals surface area contributed by atoms with Crippen LogP contribution in [0.25, 0.3) is 0 Å². The standard InChI is InChI=1S/C19H22FN3O6S2/c20-17-3-1-2-4-18(17)22-10-12-23(13-11-22)30(26,27)14-9-21-31(28,29)16-7-5-15(6-8-16)19(24)25/h1-8,21H,9-14H2,(H,24,25). The highest BCUT2D eigenvalue weighted by molar-refractivity contribution is 7.90. The topological polar surface area (TPSA) is 124 Å². The normalized spacial score (nSPS) is 15.7. The van der Waals surface area contributed by atoms with Crippen LogP contribution in [-0.4, -0.2) is 70.7 Å². The van der Waals surface area contributed by atoms with Crippen LogP contribution in [0.5, 0.6) is 0 Å². The van der Waals surface area contributed by atoms with Gasteiger partial charge in [0.2, 0.25) is 20.0 Å². The summed E-state index contributed by atoms with van der Waals surface area (Å²) < 4.78 is 67.1. The Labute approximate surface area is 180 Å². The Hall–Kier alpha value is -2.54. The van der Waals surface area contributed by atoms with Crippen LogP contribution in [0.2, 0.25) is 0 Å². The average molecular weight is 472 g/mol. The molecule has 2 N–H and O–H groups in total. The number of para-hydroxylation sites is 1. The Morgan fingerprint density at radius 2 is 1.58 bits per heavy atom. The third kappa shape index (κ3) is 5.58. The van der Waals surface area contributed by atoms with Crippen LogP contribution in [-0.2, 0) is 20.0 Å². The van der Waals surface area contributed by atoms with E-state index in [2.05, 4.69) is 4.72 Å². The molecule has 1 fully saturated rings. The van der Waals surface area contributed by atoms with Gasteiger partial charge in [-0.05, 0) is 36.4 Å². The van der Waals surface area contributed by atoms with Gasteiger partial charge in [-0.3, -0.25) is 0 Å². The maximum absolute atomic E-state index is 13.9. The summed E-state index contributed by atoms with van der Waals surface area (Å²) >= 11 is 0. The second-order valence-electron chi connectivity index (χ2n) is 6.88. The van der Waals surface area contributed by atoms with Gasteiger partial charge in [0, 0.05) is 32.7 Å². The second kappa shape index (κ2) is 9.30. The number of carboxylic acids is 1. The summed E-state index contributed by atoms with van der Waals surface area (Å²) in [5.41, 5.74) is 0.359. The number of nitrogens with one attached hydrogen (secondary N) is 1. The zero-order valence-corrected chi connectivity index (χ0v) is 18.1. The van der Waals surface area contributed by atoms with Crippen LogP contribution in [0, 0.1) is 5.82 Å². The lowest BCUT2D eigenvalue weighted by Crippen LogP contribution is -2.50. The van der Waals surface area contributed by atoms with Gasteiger partial charge in [0.25, 0.3) is 0 Å². The first kappa shape index (κ1) is 23.1. The van der Waals surface area contributed by atoms with E-state index in [-0.39, 0.29) is 35.9 Å². The number of piperazine rings is 1. The van der Waals surface area contributed by atoms with Crippen molar-refractivity contribution in [1.29, 1.82) is 0 Å². The number of hydrogen-bond acceptors (Lipinski definition) is 6. The van der Waals surface area contributed by atoms with Crippen LogP contribution in [0.15, 0.2) is 53.4 Å². The smallest absolute Gasteiger partial charge is 0.335 e. The number of carboxylic acid groups (broad SMARTS) is 1. The molecular formula is C19H22FN3O6S2. The van der Waals surface area contributed by atoms with Crippen molar-refractivity contribution in [2.45, 2.75) is 4.90 Å². The largest absolute Gasteiger partial charge is 0.478 e. The predicted octanol–water partition coefficient (Wildman–Crippen LogP) is 0.954. The average Bonchev–Trinajstić information content (AvgIpc) is 2.74. The first-order valence-corrected chi connectivity index (χ1v) is 12.5. The number of nitrogens with zero attached hydrogens (tertiary/aromatic N) is 2. The lowest BCUT2D eigenvalue weighted by molar-refractivity contribution is 0.0696. The Balaban J connectivity index is 1.54. The highest BCUT2D eigenvalue weighted by atomic mass is 32.2. The number of benzene rings is 2. The maximum atomic E-state index is 13.9. The first-order chi connectivity index (χ1) is 14.6. The molecule has 168 valence electrons. The van der Waals surface area contributed by atoms with Gasteiger partial charge in [-0.2, -0.15) is 4.31 Å². The number of halogens is 1. The van der Waals surface area contributed by atoms with E-state index >= 15 is 0 Å². The van der Waals surface area contributed by atoms with Crippen LogP contribution < -0.4 is 9.62 Å². The Morgan fingerprint density at radius 3 is 2.16 bits per heavy atom. The molecule has 0 radical (unpaired) electrons. The summed E-state index contributed by atoms with van der Waals surface area (Å²) in [6.07, 6.45) is 0. The molecule has 9 nitrogen and oxygen atoms in total. The Morgan fingerprint density at radius 1 is 0.968 bits per heavy atom. The molecule has 0 bridgehead atoms. The van der Waals surface area contributed by atoms with Crippen molar-refractivity contribution in [3.8, 4) is 0 Å².